The molecule has 1 amide bonds. The molecule has 5 heteroatoms. The van der Waals surface area contributed by atoms with Crippen molar-refractivity contribution >= 4 is 23.4 Å². The van der Waals surface area contributed by atoms with Crippen LogP contribution in [-0.4, -0.2) is 37.1 Å². The van der Waals surface area contributed by atoms with Gasteiger partial charge < -0.3 is 15.4 Å². The summed E-state index contributed by atoms with van der Waals surface area (Å²) in [5.74, 6) is 0.609. The van der Waals surface area contributed by atoms with E-state index in [1.807, 2.05) is 23.9 Å². The molecule has 0 aromatic heterocycles. The molecule has 2 N–H and O–H groups in total. The Labute approximate surface area is 118 Å². The number of amides is 1. The summed E-state index contributed by atoms with van der Waals surface area (Å²) in [5, 5.41) is 6.75. The Balaban J connectivity index is 1.99. The van der Waals surface area contributed by atoms with E-state index in [1.54, 1.807) is 6.07 Å². The van der Waals surface area contributed by atoms with E-state index in [0.717, 1.165) is 18.7 Å². The highest BCUT2D eigenvalue weighted by molar-refractivity contribution is 7.99. The normalized spacial score (nSPS) is 14.8. The van der Waals surface area contributed by atoms with Gasteiger partial charge >= 0.3 is 0 Å². The summed E-state index contributed by atoms with van der Waals surface area (Å²) in [4.78, 5) is 12.2. The predicted molar refractivity (Wildman–Crippen MR) is 80.4 cm³/mol. The number of anilines is 1. The molecule has 0 aliphatic carbocycles. The van der Waals surface area contributed by atoms with E-state index in [1.165, 1.54) is 0 Å². The molecule has 1 heterocycles. The van der Waals surface area contributed by atoms with E-state index in [4.69, 9.17) is 4.74 Å². The van der Waals surface area contributed by atoms with Crippen molar-refractivity contribution in [3.8, 4) is 5.75 Å². The SMILES string of the molecule is CSC(C)CCNC(=O)c1cccc2c1OCCN2. The zero-order valence-electron chi connectivity index (χ0n) is 11.4. The first-order chi connectivity index (χ1) is 9.22. The lowest BCUT2D eigenvalue weighted by molar-refractivity contribution is 0.0949. The van der Waals surface area contributed by atoms with Gasteiger partial charge in [0.05, 0.1) is 11.3 Å². The minimum Gasteiger partial charge on any atom is -0.489 e. The minimum atomic E-state index is -0.0612. The maximum absolute atomic E-state index is 12.2. The van der Waals surface area contributed by atoms with Gasteiger partial charge in [-0.2, -0.15) is 11.8 Å². The first-order valence-electron chi connectivity index (χ1n) is 6.53. The number of para-hydroxylation sites is 1. The molecule has 2 rings (SSSR count). The molecule has 104 valence electrons. The van der Waals surface area contributed by atoms with Gasteiger partial charge in [-0.15, -0.1) is 0 Å². The second-order valence-corrected chi connectivity index (χ2v) is 5.82. The van der Waals surface area contributed by atoms with E-state index in [9.17, 15) is 4.79 Å². The van der Waals surface area contributed by atoms with Crippen LogP contribution in [0.2, 0.25) is 0 Å². The average molecular weight is 280 g/mol. The molecule has 0 spiro atoms. The number of benzene rings is 1. The third kappa shape index (κ3) is 3.56. The Morgan fingerprint density at radius 1 is 1.58 bits per heavy atom. The fraction of sp³-hybridized carbons (Fsp3) is 0.500. The van der Waals surface area contributed by atoms with Crippen LogP contribution in [0.3, 0.4) is 0 Å². The molecule has 1 aromatic rings. The van der Waals surface area contributed by atoms with Crippen LogP contribution in [0.1, 0.15) is 23.7 Å². The molecule has 0 saturated heterocycles. The molecule has 4 nitrogen and oxygen atoms in total. The molecule has 0 radical (unpaired) electrons. The van der Waals surface area contributed by atoms with Crippen LogP contribution in [-0.2, 0) is 0 Å². The fourth-order valence-electron chi connectivity index (χ4n) is 1.95. The zero-order chi connectivity index (χ0) is 13.7. The molecular weight excluding hydrogens is 260 g/mol. The number of carbonyl (C=O) groups is 1. The molecule has 1 unspecified atom stereocenters. The maximum atomic E-state index is 12.2. The number of carbonyl (C=O) groups excluding carboxylic acids is 1. The van der Waals surface area contributed by atoms with Gasteiger partial charge in [-0.1, -0.05) is 13.0 Å². The molecule has 0 bridgehead atoms. The molecule has 1 atom stereocenters. The molecule has 1 aliphatic rings. The number of hydrogen-bond donors (Lipinski definition) is 2. The lowest BCUT2D eigenvalue weighted by Crippen LogP contribution is -2.28. The van der Waals surface area contributed by atoms with Crippen LogP contribution in [0.4, 0.5) is 5.69 Å². The van der Waals surface area contributed by atoms with Gasteiger partial charge in [0.1, 0.15) is 6.61 Å². The standard InChI is InChI=1S/C14H20N2O2S/c1-10(19-2)6-7-16-14(17)11-4-3-5-12-13(11)18-9-8-15-12/h3-5,10,15H,6-9H2,1-2H3,(H,16,17). The number of hydrogen-bond acceptors (Lipinski definition) is 4. The Hall–Kier alpha value is -1.36. The van der Waals surface area contributed by atoms with E-state index in [0.29, 0.717) is 29.7 Å². The van der Waals surface area contributed by atoms with Crippen LogP contribution in [0.15, 0.2) is 18.2 Å². The van der Waals surface area contributed by atoms with Gasteiger partial charge in [-0.05, 0) is 24.8 Å². The summed E-state index contributed by atoms with van der Waals surface area (Å²) >= 11 is 1.81. The van der Waals surface area contributed by atoms with Gasteiger partial charge in [0.2, 0.25) is 0 Å². The number of rotatable bonds is 5. The van der Waals surface area contributed by atoms with Crippen molar-refractivity contribution in [2.24, 2.45) is 0 Å². The number of ether oxygens (including phenoxy) is 1. The Morgan fingerprint density at radius 3 is 3.21 bits per heavy atom. The van der Waals surface area contributed by atoms with Crippen molar-refractivity contribution < 1.29 is 9.53 Å². The van der Waals surface area contributed by atoms with Crippen molar-refractivity contribution in [3.63, 3.8) is 0 Å². The van der Waals surface area contributed by atoms with E-state index in [2.05, 4.69) is 23.8 Å². The minimum absolute atomic E-state index is 0.0612. The van der Waals surface area contributed by atoms with Gasteiger partial charge in [0.25, 0.3) is 5.91 Å². The second-order valence-electron chi connectivity index (χ2n) is 4.55. The van der Waals surface area contributed by atoms with Gasteiger partial charge in [-0.25, -0.2) is 0 Å². The first kappa shape index (κ1) is 14.1. The monoisotopic (exact) mass is 280 g/mol. The Kier molecular flexibility index (Phi) is 4.96. The lowest BCUT2D eigenvalue weighted by Gasteiger charge is -2.21. The number of nitrogens with one attached hydrogen (secondary N) is 2. The quantitative estimate of drug-likeness (QED) is 0.869. The average Bonchev–Trinajstić information content (AvgIpc) is 2.46. The molecular formula is C14H20N2O2S. The van der Waals surface area contributed by atoms with Gasteiger partial charge in [0, 0.05) is 18.3 Å². The van der Waals surface area contributed by atoms with Crippen molar-refractivity contribution in [1.82, 2.24) is 5.32 Å². The van der Waals surface area contributed by atoms with E-state index in [-0.39, 0.29) is 5.91 Å². The van der Waals surface area contributed by atoms with Crippen LogP contribution in [0.25, 0.3) is 0 Å². The smallest absolute Gasteiger partial charge is 0.255 e. The summed E-state index contributed by atoms with van der Waals surface area (Å²) in [6.07, 6.45) is 3.06. The largest absolute Gasteiger partial charge is 0.489 e. The topological polar surface area (TPSA) is 50.4 Å². The molecule has 1 aliphatic heterocycles. The highest BCUT2D eigenvalue weighted by Gasteiger charge is 2.18. The predicted octanol–water partition coefficient (Wildman–Crippen LogP) is 2.36. The second kappa shape index (κ2) is 6.70. The maximum Gasteiger partial charge on any atom is 0.255 e. The van der Waals surface area contributed by atoms with Crippen LogP contribution in [0, 0.1) is 0 Å². The highest BCUT2D eigenvalue weighted by atomic mass is 32.2. The summed E-state index contributed by atoms with van der Waals surface area (Å²) < 4.78 is 5.60. The summed E-state index contributed by atoms with van der Waals surface area (Å²) in [6.45, 7) is 4.23. The Bertz CT molecular complexity index is 451. The Morgan fingerprint density at radius 2 is 2.42 bits per heavy atom. The van der Waals surface area contributed by atoms with Gasteiger partial charge in [-0.3, -0.25) is 4.79 Å². The van der Waals surface area contributed by atoms with E-state index < -0.39 is 0 Å². The third-order valence-electron chi connectivity index (χ3n) is 3.16. The van der Waals surface area contributed by atoms with Crippen LogP contribution < -0.4 is 15.4 Å². The van der Waals surface area contributed by atoms with Crippen LogP contribution >= 0.6 is 11.8 Å². The van der Waals surface area contributed by atoms with Crippen molar-refractivity contribution in [2.75, 3.05) is 31.3 Å². The first-order valence-corrected chi connectivity index (χ1v) is 7.82. The van der Waals surface area contributed by atoms with Gasteiger partial charge in [0.15, 0.2) is 5.75 Å². The molecule has 1 aromatic carbocycles. The van der Waals surface area contributed by atoms with E-state index >= 15 is 0 Å². The van der Waals surface area contributed by atoms with Crippen molar-refractivity contribution in [3.05, 3.63) is 23.8 Å². The molecule has 0 saturated carbocycles. The van der Waals surface area contributed by atoms with Crippen molar-refractivity contribution in [2.45, 2.75) is 18.6 Å². The fourth-order valence-corrected chi connectivity index (χ4v) is 2.30. The van der Waals surface area contributed by atoms with Crippen LogP contribution in [0.5, 0.6) is 5.75 Å². The zero-order valence-corrected chi connectivity index (χ0v) is 12.2. The summed E-state index contributed by atoms with van der Waals surface area (Å²) in [5.41, 5.74) is 1.51. The number of thioether (sulfide) groups is 1. The number of fused-ring (bicyclic) bond motifs is 1. The summed E-state index contributed by atoms with van der Waals surface area (Å²) in [7, 11) is 0. The highest BCUT2D eigenvalue weighted by Crippen LogP contribution is 2.31. The summed E-state index contributed by atoms with van der Waals surface area (Å²) in [6, 6.07) is 5.61. The molecule has 19 heavy (non-hydrogen) atoms. The van der Waals surface area contributed by atoms with Crippen molar-refractivity contribution in [1.29, 1.82) is 0 Å². The lowest BCUT2D eigenvalue weighted by atomic mass is 10.1. The molecule has 0 fully saturated rings. The third-order valence-corrected chi connectivity index (χ3v) is 4.20.